The van der Waals surface area contributed by atoms with Crippen LogP contribution in [-0.4, -0.2) is 35.7 Å². The predicted octanol–water partition coefficient (Wildman–Crippen LogP) is 6.34. The lowest BCUT2D eigenvalue weighted by atomic mass is 10.0. The van der Waals surface area contributed by atoms with Crippen LogP contribution in [-0.2, 0) is 13.1 Å². The van der Waals surface area contributed by atoms with E-state index in [2.05, 4.69) is 29.7 Å². The molecule has 0 aliphatic carbocycles. The summed E-state index contributed by atoms with van der Waals surface area (Å²) in [6.45, 7) is 7.89. The van der Waals surface area contributed by atoms with E-state index in [1.54, 1.807) is 11.0 Å². The molecular weight excluding hydrogens is 441 g/mol. The number of nitrogens with zero attached hydrogens (tertiary/aromatic N) is 2. The molecule has 0 radical (unpaired) electrons. The number of fused-ring (bicyclic) bond motifs is 1. The van der Waals surface area contributed by atoms with E-state index in [0.29, 0.717) is 28.6 Å². The summed E-state index contributed by atoms with van der Waals surface area (Å²) >= 11 is 6.47. The Labute approximate surface area is 191 Å². The van der Waals surface area contributed by atoms with E-state index in [4.69, 9.17) is 11.6 Å². The molecule has 0 N–H and O–H groups in total. The topological polar surface area (TPSA) is 32.8 Å². The summed E-state index contributed by atoms with van der Waals surface area (Å²) in [5.74, 6) is 0.0494. The molecule has 8 heteroatoms. The second kappa shape index (κ2) is 9.45. The minimum atomic E-state index is -4.74. The highest BCUT2D eigenvalue weighted by Crippen LogP contribution is 2.34. The van der Waals surface area contributed by atoms with Crippen LogP contribution in [0.5, 0.6) is 5.75 Å². The molecule has 0 bridgehead atoms. The van der Waals surface area contributed by atoms with Crippen LogP contribution in [0.25, 0.3) is 5.57 Å². The Bertz CT molecular complexity index is 1020. The molecule has 0 fully saturated rings. The van der Waals surface area contributed by atoms with Crippen LogP contribution in [0.3, 0.4) is 0 Å². The third kappa shape index (κ3) is 5.97. The number of ether oxygens (including phenoxy) is 1. The van der Waals surface area contributed by atoms with Crippen molar-refractivity contribution in [2.75, 3.05) is 13.6 Å². The zero-order valence-electron chi connectivity index (χ0n) is 18.5. The van der Waals surface area contributed by atoms with Crippen molar-refractivity contribution in [3.63, 3.8) is 0 Å². The van der Waals surface area contributed by atoms with Gasteiger partial charge >= 0.3 is 6.36 Å². The van der Waals surface area contributed by atoms with Gasteiger partial charge in [0.05, 0.1) is 10.6 Å². The summed E-state index contributed by atoms with van der Waals surface area (Å²) in [6.07, 6.45) is -2.67. The summed E-state index contributed by atoms with van der Waals surface area (Å²) in [7, 11) is 2.02. The van der Waals surface area contributed by atoms with Gasteiger partial charge in [0, 0.05) is 32.9 Å². The lowest BCUT2D eigenvalue weighted by Crippen LogP contribution is -2.23. The Kier molecular flexibility index (Phi) is 7.08. The van der Waals surface area contributed by atoms with Gasteiger partial charge in [-0.3, -0.25) is 4.79 Å². The van der Waals surface area contributed by atoms with Crippen LogP contribution in [0.4, 0.5) is 13.2 Å². The molecule has 0 saturated heterocycles. The van der Waals surface area contributed by atoms with Gasteiger partial charge in [-0.25, -0.2) is 0 Å². The Morgan fingerprint density at radius 3 is 2.50 bits per heavy atom. The Morgan fingerprint density at radius 1 is 1.25 bits per heavy atom. The van der Waals surface area contributed by atoms with Gasteiger partial charge < -0.3 is 14.5 Å². The van der Waals surface area contributed by atoms with Crippen LogP contribution in [0.1, 0.15) is 47.8 Å². The molecule has 0 aromatic heterocycles. The highest BCUT2D eigenvalue weighted by molar-refractivity contribution is 6.34. The van der Waals surface area contributed by atoms with Gasteiger partial charge in [0.25, 0.3) is 5.91 Å². The molecule has 4 nitrogen and oxygen atoms in total. The van der Waals surface area contributed by atoms with Crippen molar-refractivity contribution >= 4 is 23.1 Å². The third-order valence-electron chi connectivity index (χ3n) is 5.09. The lowest BCUT2D eigenvalue weighted by Gasteiger charge is -2.18. The first kappa shape index (κ1) is 24.0. The van der Waals surface area contributed by atoms with E-state index in [1.165, 1.54) is 24.3 Å². The molecule has 0 spiro atoms. The van der Waals surface area contributed by atoms with Gasteiger partial charge in [0.2, 0.25) is 0 Å². The molecule has 1 aliphatic heterocycles. The Morgan fingerprint density at radius 2 is 1.91 bits per heavy atom. The number of allylic oxidation sites excluding steroid dienone is 1. The summed E-state index contributed by atoms with van der Waals surface area (Å²) in [4.78, 5) is 16.7. The number of hydrogen-bond acceptors (Lipinski definition) is 3. The molecular formula is C24H26ClF3N2O2. The number of benzene rings is 2. The molecule has 32 heavy (non-hydrogen) atoms. The fourth-order valence-electron chi connectivity index (χ4n) is 3.87. The minimum Gasteiger partial charge on any atom is -0.406 e. The number of halogens is 4. The van der Waals surface area contributed by atoms with Gasteiger partial charge in [-0.15, -0.1) is 13.2 Å². The summed E-state index contributed by atoms with van der Waals surface area (Å²) in [5, 5.41) is 0.401. The van der Waals surface area contributed by atoms with E-state index in [9.17, 15) is 18.0 Å². The average molecular weight is 467 g/mol. The van der Waals surface area contributed by atoms with Gasteiger partial charge in [-0.1, -0.05) is 37.6 Å². The largest absolute Gasteiger partial charge is 0.573 e. The number of amides is 1. The van der Waals surface area contributed by atoms with Crippen molar-refractivity contribution in [1.29, 1.82) is 0 Å². The van der Waals surface area contributed by atoms with E-state index < -0.39 is 6.36 Å². The molecule has 2 aromatic carbocycles. The van der Waals surface area contributed by atoms with Crippen LogP contribution >= 0.6 is 11.6 Å². The van der Waals surface area contributed by atoms with Gasteiger partial charge in [-0.2, -0.15) is 0 Å². The second-order valence-corrected chi connectivity index (χ2v) is 8.90. The highest BCUT2D eigenvalue weighted by atomic mass is 35.5. The van der Waals surface area contributed by atoms with Crippen LogP contribution in [0.2, 0.25) is 5.02 Å². The molecule has 172 valence electrons. The SMILES string of the molecule is C/C(=C\N(C)CC(C)C)c1cc(Cl)c2c(c1)CN(Cc1ccc(OC(F)(F)F)cc1)C2=O. The number of carbonyl (C=O) groups is 1. The fraction of sp³-hybridized carbons (Fsp3) is 0.375. The quantitative estimate of drug-likeness (QED) is 0.477. The van der Waals surface area contributed by atoms with Crippen molar-refractivity contribution in [2.45, 2.75) is 40.2 Å². The minimum absolute atomic E-state index is 0.189. The Hall–Kier alpha value is -2.67. The van der Waals surface area contributed by atoms with Crippen LogP contribution in [0.15, 0.2) is 42.6 Å². The van der Waals surface area contributed by atoms with Gasteiger partial charge in [0.1, 0.15) is 5.75 Å². The molecule has 0 atom stereocenters. The summed E-state index contributed by atoms with van der Waals surface area (Å²) in [5.41, 5.74) is 4.02. The summed E-state index contributed by atoms with van der Waals surface area (Å²) in [6, 6.07) is 9.30. The molecule has 1 aliphatic rings. The predicted molar refractivity (Wildman–Crippen MR) is 119 cm³/mol. The first-order valence-electron chi connectivity index (χ1n) is 10.3. The van der Waals surface area contributed by atoms with E-state index in [1.807, 2.05) is 20.0 Å². The van der Waals surface area contributed by atoms with E-state index >= 15 is 0 Å². The molecule has 0 unspecified atom stereocenters. The maximum atomic E-state index is 12.9. The average Bonchev–Trinajstić information content (AvgIpc) is 2.97. The normalized spacial score (nSPS) is 14.2. The smallest absolute Gasteiger partial charge is 0.406 e. The highest BCUT2D eigenvalue weighted by Gasteiger charge is 2.32. The van der Waals surface area contributed by atoms with Crippen LogP contribution < -0.4 is 4.74 Å². The first-order valence-corrected chi connectivity index (χ1v) is 10.7. The maximum Gasteiger partial charge on any atom is 0.573 e. The fourth-order valence-corrected chi connectivity index (χ4v) is 4.19. The number of alkyl halides is 3. The molecule has 1 heterocycles. The van der Waals surface area contributed by atoms with E-state index in [-0.39, 0.29) is 18.2 Å². The second-order valence-electron chi connectivity index (χ2n) is 8.49. The summed E-state index contributed by atoms with van der Waals surface area (Å²) < 4.78 is 40.9. The first-order chi connectivity index (χ1) is 14.9. The standard InChI is InChI=1S/C24H26ClF3N2O2/c1-15(2)11-29(4)12-16(3)18-9-19-14-30(23(31)22(19)21(25)10-18)13-17-5-7-20(8-6-17)32-24(26,27)28/h5-10,12,15H,11,13-14H2,1-4H3/b16-12+. The van der Waals surface area contributed by atoms with Crippen molar-refractivity contribution in [3.05, 3.63) is 69.9 Å². The van der Waals surface area contributed by atoms with Gasteiger partial charge in [0.15, 0.2) is 0 Å². The molecule has 2 aromatic rings. The zero-order chi connectivity index (χ0) is 23.6. The lowest BCUT2D eigenvalue weighted by molar-refractivity contribution is -0.274. The van der Waals surface area contributed by atoms with Crippen LogP contribution in [0, 0.1) is 5.92 Å². The number of hydrogen-bond donors (Lipinski definition) is 0. The monoisotopic (exact) mass is 466 g/mol. The van der Waals surface area contributed by atoms with Crippen molar-refractivity contribution in [2.24, 2.45) is 5.92 Å². The third-order valence-corrected chi connectivity index (χ3v) is 5.39. The zero-order valence-corrected chi connectivity index (χ0v) is 19.2. The number of rotatable bonds is 7. The molecule has 3 rings (SSSR count). The number of carbonyl (C=O) groups excluding carboxylic acids is 1. The molecule has 0 saturated carbocycles. The Balaban J connectivity index is 1.75. The van der Waals surface area contributed by atoms with Crippen molar-refractivity contribution < 1.29 is 22.7 Å². The molecule has 1 amide bonds. The van der Waals surface area contributed by atoms with E-state index in [0.717, 1.165) is 23.2 Å². The van der Waals surface area contributed by atoms with Crippen molar-refractivity contribution in [3.8, 4) is 5.75 Å². The van der Waals surface area contributed by atoms with Gasteiger partial charge in [-0.05, 0) is 59.4 Å². The maximum absolute atomic E-state index is 12.9. The van der Waals surface area contributed by atoms with Crippen molar-refractivity contribution in [1.82, 2.24) is 9.80 Å².